The quantitative estimate of drug-likeness (QED) is 0.215. The zero-order chi connectivity index (χ0) is 18.7. The van der Waals surface area contributed by atoms with Crippen molar-refractivity contribution < 1.29 is 21.7 Å². The second kappa shape index (κ2) is 7.99. The van der Waals surface area contributed by atoms with Gasteiger partial charge in [0, 0.05) is 0 Å². The summed E-state index contributed by atoms with van der Waals surface area (Å²) in [4.78, 5) is 4.79. The predicted molar refractivity (Wildman–Crippen MR) is 105 cm³/mol. The van der Waals surface area contributed by atoms with Crippen LogP contribution in [0.25, 0.3) is 25.6 Å². The van der Waals surface area contributed by atoms with Crippen LogP contribution in [0.4, 0.5) is 0 Å². The van der Waals surface area contributed by atoms with E-state index in [4.69, 9.17) is 4.98 Å². The van der Waals surface area contributed by atoms with E-state index in [9.17, 15) is 13.0 Å². The molecule has 2 aromatic heterocycles. The topological polar surface area (TPSA) is 83.2 Å². The number of aromatic nitrogens is 2. The first-order valence-corrected chi connectivity index (χ1v) is 11.5. The molecule has 0 amide bonds. The zero-order valence-electron chi connectivity index (χ0n) is 13.8. The Balaban J connectivity index is 0.000000286. The minimum absolute atomic E-state index is 0.808. The molecule has 0 radical (unpaired) electrons. The van der Waals surface area contributed by atoms with E-state index >= 15 is 0 Å². The molecule has 0 bridgehead atoms. The highest BCUT2D eigenvalue weighted by atomic mass is 32.3. The fourth-order valence-electron chi connectivity index (χ4n) is 2.24. The summed E-state index contributed by atoms with van der Waals surface area (Å²) in [5.41, 5.74) is 2.31. The van der Waals surface area contributed by atoms with Crippen LogP contribution in [0.3, 0.4) is 0 Å². The highest BCUT2D eigenvalue weighted by molar-refractivity contribution is 8.00. The lowest BCUT2D eigenvalue weighted by molar-refractivity contribution is -0.601. The van der Waals surface area contributed by atoms with Crippen molar-refractivity contribution in [2.75, 3.05) is 13.4 Å². The molecular weight excluding hydrogens is 412 g/mol. The molecule has 0 spiro atoms. The minimum atomic E-state index is -4.41. The Hall–Kier alpha value is -1.56. The van der Waals surface area contributed by atoms with Gasteiger partial charge in [-0.25, -0.2) is 8.42 Å². The fraction of sp³-hybridized carbons (Fsp3) is 0.125. The third-order valence-electron chi connectivity index (χ3n) is 3.34. The van der Waals surface area contributed by atoms with Gasteiger partial charge >= 0.3 is 5.13 Å². The smallest absolute Gasteiger partial charge is 0.390 e. The average Bonchev–Trinajstić information content (AvgIpc) is 3.21. The first-order valence-electron chi connectivity index (χ1n) is 7.28. The summed E-state index contributed by atoms with van der Waals surface area (Å²) in [7, 11) is -3.60. The minimum Gasteiger partial charge on any atom is -0.726 e. The SMILES string of the molecule is COS(=O)(=O)[O-].CSc1sc2ccccc2[n+]1-c1nc2ccccc2s1. The van der Waals surface area contributed by atoms with E-state index in [1.54, 1.807) is 23.1 Å². The molecule has 2 heterocycles. The lowest BCUT2D eigenvalue weighted by atomic mass is 10.3. The van der Waals surface area contributed by atoms with Gasteiger partial charge in [-0.3, -0.25) is 4.18 Å². The maximum absolute atomic E-state index is 9.22. The highest BCUT2D eigenvalue weighted by Crippen LogP contribution is 2.30. The molecule has 2 aromatic carbocycles. The van der Waals surface area contributed by atoms with Crippen LogP contribution in [0.1, 0.15) is 0 Å². The molecule has 4 rings (SSSR count). The Bertz CT molecular complexity index is 1120. The van der Waals surface area contributed by atoms with Gasteiger partial charge < -0.3 is 4.55 Å². The third kappa shape index (κ3) is 4.22. The van der Waals surface area contributed by atoms with Crippen molar-refractivity contribution >= 4 is 65.3 Å². The molecule has 0 unspecified atom stereocenters. The molecule has 6 nitrogen and oxygen atoms in total. The molecular formula is C16H14N2O4S4. The third-order valence-corrected chi connectivity index (χ3v) is 6.97. The summed E-state index contributed by atoms with van der Waals surface area (Å²) < 4.78 is 37.1. The Morgan fingerprint density at radius 1 is 1.08 bits per heavy atom. The largest absolute Gasteiger partial charge is 0.726 e. The summed E-state index contributed by atoms with van der Waals surface area (Å²) in [6.45, 7) is 0. The molecule has 0 atom stereocenters. The number of rotatable bonds is 3. The van der Waals surface area contributed by atoms with Gasteiger partial charge in [0.05, 0.1) is 16.5 Å². The maximum atomic E-state index is 9.22. The van der Waals surface area contributed by atoms with Crippen molar-refractivity contribution in [3.63, 3.8) is 0 Å². The monoisotopic (exact) mass is 426 g/mol. The van der Waals surface area contributed by atoms with E-state index in [1.807, 2.05) is 17.4 Å². The van der Waals surface area contributed by atoms with E-state index in [1.165, 1.54) is 19.3 Å². The Morgan fingerprint density at radius 3 is 2.31 bits per heavy atom. The van der Waals surface area contributed by atoms with Crippen molar-refractivity contribution in [2.45, 2.75) is 4.34 Å². The van der Waals surface area contributed by atoms with Crippen LogP contribution in [-0.4, -0.2) is 31.3 Å². The van der Waals surface area contributed by atoms with E-state index in [-0.39, 0.29) is 0 Å². The van der Waals surface area contributed by atoms with Crippen molar-refractivity contribution in [1.29, 1.82) is 0 Å². The van der Waals surface area contributed by atoms with Gasteiger partial charge in [0.1, 0.15) is 0 Å². The first-order chi connectivity index (χ1) is 12.4. The van der Waals surface area contributed by atoms with Crippen LogP contribution in [-0.2, 0) is 14.6 Å². The van der Waals surface area contributed by atoms with Gasteiger partial charge in [0.15, 0.2) is 11.0 Å². The van der Waals surface area contributed by atoms with Crippen LogP contribution in [0.15, 0.2) is 52.9 Å². The van der Waals surface area contributed by atoms with Gasteiger partial charge in [-0.15, -0.1) is 0 Å². The molecule has 10 heteroatoms. The summed E-state index contributed by atoms with van der Waals surface area (Å²) >= 11 is 5.34. The molecule has 0 saturated carbocycles. The molecule has 0 aliphatic carbocycles. The molecule has 0 aliphatic heterocycles. The number of nitrogens with zero attached hydrogens (tertiary/aromatic N) is 2. The van der Waals surface area contributed by atoms with E-state index in [2.05, 4.69) is 57.5 Å². The number of benzene rings is 2. The van der Waals surface area contributed by atoms with E-state index in [0.29, 0.717) is 0 Å². The normalized spacial score (nSPS) is 11.5. The number of fused-ring (bicyclic) bond motifs is 2. The first kappa shape index (κ1) is 19.2. The summed E-state index contributed by atoms with van der Waals surface area (Å²) in [5, 5.41) is 1.05. The Labute approximate surface area is 163 Å². The lowest BCUT2D eigenvalue weighted by Gasteiger charge is -1.98. The van der Waals surface area contributed by atoms with Crippen molar-refractivity contribution in [3.05, 3.63) is 48.5 Å². The van der Waals surface area contributed by atoms with Crippen LogP contribution >= 0.6 is 34.4 Å². The number of thioether (sulfide) groups is 1. The molecule has 0 fully saturated rings. The van der Waals surface area contributed by atoms with E-state index < -0.39 is 10.4 Å². The van der Waals surface area contributed by atoms with Gasteiger partial charge in [-0.2, -0.15) is 4.57 Å². The highest BCUT2D eigenvalue weighted by Gasteiger charge is 2.23. The second-order valence-electron chi connectivity index (χ2n) is 4.91. The molecule has 4 aromatic rings. The average molecular weight is 427 g/mol. The molecule has 0 aliphatic rings. The summed E-state index contributed by atoms with van der Waals surface area (Å²) in [5.74, 6) is 0. The number of hydrogen-bond donors (Lipinski definition) is 0. The van der Waals surface area contributed by atoms with Gasteiger partial charge in [-0.1, -0.05) is 47.4 Å². The maximum Gasteiger partial charge on any atom is 0.390 e. The summed E-state index contributed by atoms with van der Waals surface area (Å²) in [6.07, 6.45) is 2.12. The standard InChI is InChI=1S/C15H11N2S3.CH4O4S/c1-18-15-17(11-7-3-5-9-13(11)20-15)14-16-10-6-2-4-8-12(10)19-14;1-5-6(2,3)4/h2-9H,1H3;1H3,(H,2,3,4)/q+1;/p-1. The number of hydrogen-bond acceptors (Lipinski definition) is 8. The number of para-hydroxylation sites is 2. The van der Waals surface area contributed by atoms with Gasteiger partial charge in [-0.05, 0) is 46.8 Å². The molecule has 26 heavy (non-hydrogen) atoms. The molecule has 0 N–H and O–H groups in total. The Kier molecular flexibility index (Phi) is 5.90. The van der Waals surface area contributed by atoms with Crippen LogP contribution in [0, 0.1) is 0 Å². The summed E-state index contributed by atoms with van der Waals surface area (Å²) in [6, 6.07) is 16.8. The van der Waals surface area contributed by atoms with Crippen LogP contribution < -0.4 is 4.57 Å². The van der Waals surface area contributed by atoms with Gasteiger partial charge in [0.2, 0.25) is 14.7 Å². The van der Waals surface area contributed by atoms with Crippen LogP contribution in [0.2, 0.25) is 0 Å². The Morgan fingerprint density at radius 2 is 1.69 bits per heavy atom. The molecule has 136 valence electrons. The van der Waals surface area contributed by atoms with E-state index in [0.717, 1.165) is 17.8 Å². The number of thiazole rings is 2. The zero-order valence-corrected chi connectivity index (χ0v) is 17.0. The van der Waals surface area contributed by atoms with Crippen molar-refractivity contribution in [1.82, 2.24) is 4.98 Å². The molecule has 0 saturated heterocycles. The van der Waals surface area contributed by atoms with Gasteiger partial charge in [0.25, 0.3) is 0 Å². The fourth-order valence-corrected chi connectivity index (χ4v) is 5.18. The predicted octanol–water partition coefficient (Wildman–Crippen LogP) is 3.60. The van der Waals surface area contributed by atoms with Crippen molar-refractivity contribution in [2.24, 2.45) is 0 Å². The second-order valence-corrected chi connectivity index (χ2v) is 9.16. The van der Waals surface area contributed by atoms with Crippen molar-refractivity contribution in [3.8, 4) is 5.13 Å². The van der Waals surface area contributed by atoms with Crippen LogP contribution in [0.5, 0.6) is 0 Å². The lowest BCUT2D eigenvalue weighted by Crippen LogP contribution is -2.30.